The zero-order valence-corrected chi connectivity index (χ0v) is 16.2. The number of aliphatic hydroxyl groups excluding tert-OH is 1. The standard InChI is InChI=1S/C19H16ClF2N7O/c20-17-13(21)1-2-14(22)18(17)29-9-12-15(28-29)3-4-24-19(12)27-16-7-11(25-10-26-16)8-23-5-6-30/h1-4,7,9-10,23,30H,5-6,8H2,(H,24,25,26,27). The van der Waals surface area contributed by atoms with Crippen molar-refractivity contribution < 1.29 is 13.9 Å². The van der Waals surface area contributed by atoms with E-state index in [4.69, 9.17) is 16.7 Å². The van der Waals surface area contributed by atoms with E-state index in [2.05, 4.69) is 30.7 Å². The minimum absolute atomic E-state index is 0.0298. The van der Waals surface area contributed by atoms with E-state index in [1.807, 2.05) is 0 Å². The first-order chi connectivity index (χ1) is 14.6. The van der Waals surface area contributed by atoms with Crippen LogP contribution in [-0.4, -0.2) is 43.0 Å². The molecular formula is C19H16ClF2N7O. The maximum Gasteiger partial charge on any atom is 0.150 e. The van der Waals surface area contributed by atoms with Crippen LogP contribution in [0.1, 0.15) is 5.69 Å². The SMILES string of the molecule is OCCNCc1cc(Nc2nccc3nn(-c4c(F)ccc(F)c4Cl)cc23)ncn1. The van der Waals surface area contributed by atoms with Crippen LogP contribution in [0.2, 0.25) is 5.02 Å². The van der Waals surface area contributed by atoms with Crippen LogP contribution in [0.15, 0.2) is 43.0 Å². The van der Waals surface area contributed by atoms with Gasteiger partial charge in [-0.15, -0.1) is 0 Å². The molecule has 0 saturated carbocycles. The normalized spacial score (nSPS) is 11.2. The molecule has 0 aliphatic carbocycles. The van der Waals surface area contributed by atoms with Gasteiger partial charge in [-0.25, -0.2) is 28.4 Å². The number of anilines is 2. The van der Waals surface area contributed by atoms with Gasteiger partial charge in [0.2, 0.25) is 0 Å². The Bertz CT molecular complexity index is 1200. The van der Waals surface area contributed by atoms with Crippen molar-refractivity contribution in [2.24, 2.45) is 0 Å². The van der Waals surface area contributed by atoms with Gasteiger partial charge in [-0.1, -0.05) is 11.6 Å². The number of aromatic nitrogens is 5. The van der Waals surface area contributed by atoms with E-state index in [0.717, 1.165) is 17.8 Å². The quantitative estimate of drug-likeness (QED) is 0.305. The second-order valence-electron chi connectivity index (χ2n) is 6.28. The average molecular weight is 432 g/mol. The Kier molecular flexibility index (Phi) is 5.79. The van der Waals surface area contributed by atoms with Gasteiger partial charge in [-0.05, 0) is 18.2 Å². The summed E-state index contributed by atoms with van der Waals surface area (Å²) in [6.45, 7) is 0.943. The zero-order chi connectivity index (χ0) is 21.1. The van der Waals surface area contributed by atoms with E-state index in [0.29, 0.717) is 35.6 Å². The van der Waals surface area contributed by atoms with Crippen molar-refractivity contribution in [1.82, 2.24) is 30.0 Å². The summed E-state index contributed by atoms with van der Waals surface area (Å²) in [4.78, 5) is 12.6. The smallest absolute Gasteiger partial charge is 0.150 e. The lowest BCUT2D eigenvalue weighted by atomic mass is 10.3. The first kappa shape index (κ1) is 20.1. The maximum atomic E-state index is 14.3. The van der Waals surface area contributed by atoms with Gasteiger partial charge in [0, 0.05) is 31.5 Å². The Morgan fingerprint density at radius 3 is 2.77 bits per heavy atom. The minimum Gasteiger partial charge on any atom is -0.395 e. The highest BCUT2D eigenvalue weighted by Crippen LogP contribution is 2.29. The summed E-state index contributed by atoms with van der Waals surface area (Å²) >= 11 is 5.95. The summed E-state index contributed by atoms with van der Waals surface area (Å²) in [5, 5.41) is 19.5. The molecule has 8 nitrogen and oxygen atoms in total. The lowest BCUT2D eigenvalue weighted by molar-refractivity contribution is 0.291. The minimum atomic E-state index is -0.743. The third kappa shape index (κ3) is 4.06. The number of nitrogens with zero attached hydrogens (tertiary/aromatic N) is 5. The topological polar surface area (TPSA) is 101 Å². The summed E-state index contributed by atoms with van der Waals surface area (Å²) in [5.74, 6) is -0.520. The van der Waals surface area contributed by atoms with Crippen LogP contribution in [0.4, 0.5) is 20.4 Å². The van der Waals surface area contributed by atoms with Crippen LogP contribution >= 0.6 is 11.6 Å². The van der Waals surface area contributed by atoms with Crippen molar-refractivity contribution in [2.75, 3.05) is 18.5 Å². The summed E-state index contributed by atoms with van der Waals surface area (Å²) in [5.41, 5.74) is 1.04. The Morgan fingerprint density at radius 2 is 1.93 bits per heavy atom. The molecule has 0 bridgehead atoms. The highest BCUT2D eigenvalue weighted by Gasteiger charge is 2.17. The van der Waals surface area contributed by atoms with Gasteiger partial charge in [0.05, 0.1) is 23.2 Å². The molecule has 4 aromatic rings. The molecular weight excluding hydrogens is 416 g/mol. The number of fused-ring (bicyclic) bond motifs is 1. The molecule has 1 aromatic carbocycles. The maximum absolute atomic E-state index is 14.3. The molecule has 0 unspecified atom stereocenters. The average Bonchev–Trinajstić information content (AvgIpc) is 3.16. The van der Waals surface area contributed by atoms with E-state index in [-0.39, 0.29) is 17.3 Å². The number of benzene rings is 1. The Morgan fingerprint density at radius 1 is 1.10 bits per heavy atom. The van der Waals surface area contributed by atoms with Crippen molar-refractivity contribution in [2.45, 2.75) is 6.54 Å². The molecule has 0 spiro atoms. The van der Waals surface area contributed by atoms with Gasteiger partial charge in [0.25, 0.3) is 0 Å². The molecule has 0 radical (unpaired) electrons. The number of rotatable bonds is 7. The van der Waals surface area contributed by atoms with Gasteiger partial charge < -0.3 is 15.7 Å². The van der Waals surface area contributed by atoms with Crippen molar-refractivity contribution in [3.8, 4) is 5.69 Å². The molecule has 0 fully saturated rings. The van der Waals surface area contributed by atoms with Crippen LogP contribution in [0.5, 0.6) is 0 Å². The lowest BCUT2D eigenvalue weighted by Gasteiger charge is -2.07. The van der Waals surface area contributed by atoms with E-state index in [1.54, 1.807) is 12.1 Å². The Labute approximate surface area is 174 Å². The second-order valence-corrected chi connectivity index (χ2v) is 6.66. The van der Waals surface area contributed by atoms with Gasteiger partial charge in [-0.3, -0.25) is 0 Å². The first-order valence-electron chi connectivity index (χ1n) is 8.94. The number of hydrogen-bond acceptors (Lipinski definition) is 7. The zero-order valence-electron chi connectivity index (χ0n) is 15.5. The number of hydrogen-bond donors (Lipinski definition) is 3. The summed E-state index contributed by atoms with van der Waals surface area (Å²) < 4.78 is 29.3. The molecule has 0 aliphatic rings. The van der Waals surface area contributed by atoms with Gasteiger partial charge in [0.15, 0.2) is 5.82 Å². The Hall–Kier alpha value is -3.21. The second kappa shape index (κ2) is 8.66. The third-order valence-corrected chi connectivity index (χ3v) is 4.61. The largest absolute Gasteiger partial charge is 0.395 e. The summed E-state index contributed by atoms with van der Waals surface area (Å²) in [6.07, 6.45) is 4.46. The van der Waals surface area contributed by atoms with E-state index < -0.39 is 11.6 Å². The molecule has 30 heavy (non-hydrogen) atoms. The number of aliphatic hydroxyl groups is 1. The van der Waals surface area contributed by atoms with Crippen molar-refractivity contribution in [3.05, 3.63) is 65.3 Å². The molecule has 3 heterocycles. The number of pyridine rings is 1. The molecule has 3 aromatic heterocycles. The number of halogens is 3. The van der Waals surface area contributed by atoms with Crippen LogP contribution in [0.25, 0.3) is 16.6 Å². The highest BCUT2D eigenvalue weighted by molar-refractivity contribution is 6.32. The van der Waals surface area contributed by atoms with Crippen LogP contribution in [-0.2, 0) is 6.54 Å². The lowest BCUT2D eigenvalue weighted by Crippen LogP contribution is -2.18. The fourth-order valence-electron chi connectivity index (χ4n) is 2.86. The molecule has 0 amide bonds. The molecule has 4 rings (SSSR count). The Balaban J connectivity index is 1.67. The van der Waals surface area contributed by atoms with Crippen LogP contribution in [0, 0.1) is 11.6 Å². The van der Waals surface area contributed by atoms with Gasteiger partial charge in [-0.2, -0.15) is 5.10 Å². The number of nitrogens with one attached hydrogen (secondary N) is 2. The van der Waals surface area contributed by atoms with E-state index in [9.17, 15) is 8.78 Å². The molecule has 0 atom stereocenters. The predicted molar refractivity (Wildman–Crippen MR) is 108 cm³/mol. The molecule has 0 saturated heterocycles. The van der Waals surface area contributed by atoms with Crippen molar-refractivity contribution in [3.63, 3.8) is 0 Å². The van der Waals surface area contributed by atoms with Crippen molar-refractivity contribution in [1.29, 1.82) is 0 Å². The molecule has 3 N–H and O–H groups in total. The van der Waals surface area contributed by atoms with E-state index in [1.165, 1.54) is 23.4 Å². The molecule has 154 valence electrons. The van der Waals surface area contributed by atoms with Gasteiger partial charge in [0.1, 0.15) is 34.5 Å². The first-order valence-corrected chi connectivity index (χ1v) is 9.32. The summed E-state index contributed by atoms with van der Waals surface area (Å²) in [7, 11) is 0. The van der Waals surface area contributed by atoms with E-state index >= 15 is 0 Å². The van der Waals surface area contributed by atoms with Crippen LogP contribution in [0.3, 0.4) is 0 Å². The summed E-state index contributed by atoms with van der Waals surface area (Å²) in [6, 6.07) is 5.33. The highest BCUT2D eigenvalue weighted by atomic mass is 35.5. The van der Waals surface area contributed by atoms with Crippen LogP contribution < -0.4 is 10.6 Å². The fourth-order valence-corrected chi connectivity index (χ4v) is 3.10. The van der Waals surface area contributed by atoms with Gasteiger partial charge >= 0.3 is 0 Å². The fraction of sp³-hybridized carbons (Fsp3) is 0.158. The molecule has 0 aliphatic heterocycles. The monoisotopic (exact) mass is 431 g/mol. The molecule has 11 heteroatoms. The predicted octanol–water partition coefficient (Wildman–Crippen LogP) is 2.97. The van der Waals surface area contributed by atoms with Crippen molar-refractivity contribution >= 4 is 34.1 Å². The third-order valence-electron chi connectivity index (χ3n) is 4.25.